The summed E-state index contributed by atoms with van der Waals surface area (Å²) in [5.41, 5.74) is 7.22. The summed E-state index contributed by atoms with van der Waals surface area (Å²) >= 11 is 6.02. The molecule has 0 aromatic heterocycles. The van der Waals surface area contributed by atoms with Crippen molar-refractivity contribution in [2.75, 3.05) is 13.6 Å². The summed E-state index contributed by atoms with van der Waals surface area (Å²) in [6, 6.07) is 6.31. The van der Waals surface area contributed by atoms with Gasteiger partial charge in [0.2, 0.25) is 0 Å². The Labute approximate surface area is 113 Å². The molecule has 3 rings (SSSR count). The van der Waals surface area contributed by atoms with Crippen LogP contribution in [-0.2, 0) is 0 Å². The van der Waals surface area contributed by atoms with Crippen molar-refractivity contribution in [1.82, 2.24) is 4.90 Å². The van der Waals surface area contributed by atoms with E-state index in [-0.39, 0.29) is 11.6 Å². The van der Waals surface area contributed by atoms with Crippen LogP contribution in [0.2, 0.25) is 5.02 Å². The number of ether oxygens (including phenoxy) is 1. The Hall–Kier alpha value is -0.770. The van der Waals surface area contributed by atoms with E-state index in [2.05, 4.69) is 18.9 Å². The molecule has 1 spiro atoms. The van der Waals surface area contributed by atoms with Gasteiger partial charge in [-0.1, -0.05) is 11.6 Å². The van der Waals surface area contributed by atoms with Crippen LogP contribution >= 0.6 is 11.6 Å². The number of rotatable bonds is 0. The zero-order valence-electron chi connectivity index (χ0n) is 10.8. The van der Waals surface area contributed by atoms with Crippen molar-refractivity contribution >= 4 is 11.6 Å². The maximum Gasteiger partial charge on any atom is 0.125 e. The quantitative estimate of drug-likeness (QED) is 0.784. The first kappa shape index (κ1) is 12.3. The van der Waals surface area contributed by atoms with Gasteiger partial charge >= 0.3 is 0 Å². The average Bonchev–Trinajstić information content (AvgIpc) is 2.55. The number of hydrogen-bond acceptors (Lipinski definition) is 3. The molecule has 2 unspecified atom stereocenters. The van der Waals surface area contributed by atoms with Crippen LogP contribution in [-0.4, -0.2) is 30.1 Å². The predicted octanol–water partition coefficient (Wildman–Crippen LogP) is 2.59. The molecular formula is C14H19ClN2O. The molecule has 2 aliphatic heterocycles. The van der Waals surface area contributed by atoms with Gasteiger partial charge in [-0.2, -0.15) is 0 Å². The minimum atomic E-state index is -0.117. The minimum absolute atomic E-state index is 0.0196. The van der Waals surface area contributed by atoms with Gasteiger partial charge < -0.3 is 10.5 Å². The molecule has 0 aliphatic carbocycles. The molecule has 0 saturated carbocycles. The maximum atomic E-state index is 6.30. The third-order valence-electron chi connectivity index (χ3n) is 4.25. The van der Waals surface area contributed by atoms with E-state index in [1.165, 1.54) is 0 Å². The largest absolute Gasteiger partial charge is 0.485 e. The first-order valence-electron chi connectivity index (χ1n) is 6.43. The van der Waals surface area contributed by atoms with Crippen LogP contribution in [0.25, 0.3) is 0 Å². The standard InChI is InChI=1S/C14H19ClN2O/c1-9-6-14(8-17(9)2)7-12(16)11-5-10(15)3-4-13(11)18-14/h3-5,9,12H,6-8,16H2,1-2H3/t9?,12-,14?/m0/s1. The van der Waals surface area contributed by atoms with Gasteiger partial charge in [0, 0.05) is 42.1 Å². The van der Waals surface area contributed by atoms with E-state index in [1.807, 2.05) is 18.2 Å². The van der Waals surface area contributed by atoms with Gasteiger partial charge in [0.15, 0.2) is 0 Å². The van der Waals surface area contributed by atoms with E-state index in [0.717, 1.165) is 35.7 Å². The maximum absolute atomic E-state index is 6.30. The average molecular weight is 267 g/mol. The van der Waals surface area contributed by atoms with Crippen LogP contribution in [0.5, 0.6) is 5.75 Å². The van der Waals surface area contributed by atoms with E-state index >= 15 is 0 Å². The molecule has 1 fully saturated rings. The number of nitrogens with zero attached hydrogens (tertiary/aromatic N) is 1. The Bertz CT molecular complexity index is 467. The van der Waals surface area contributed by atoms with Gasteiger partial charge in [0.05, 0.1) is 0 Å². The lowest BCUT2D eigenvalue weighted by Gasteiger charge is -2.38. The molecule has 4 heteroatoms. The normalized spacial score (nSPS) is 35.6. The van der Waals surface area contributed by atoms with E-state index in [4.69, 9.17) is 22.1 Å². The zero-order chi connectivity index (χ0) is 12.9. The van der Waals surface area contributed by atoms with Gasteiger partial charge in [-0.25, -0.2) is 0 Å². The van der Waals surface area contributed by atoms with Crippen LogP contribution < -0.4 is 10.5 Å². The number of fused-ring (bicyclic) bond motifs is 1. The van der Waals surface area contributed by atoms with Gasteiger partial charge in [-0.15, -0.1) is 0 Å². The van der Waals surface area contributed by atoms with E-state index in [9.17, 15) is 0 Å². The Morgan fingerprint density at radius 1 is 1.44 bits per heavy atom. The Morgan fingerprint density at radius 2 is 2.22 bits per heavy atom. The van der Waals surface area contributed by atoms with Crippen molar-refractivity contribution < 1.29 is 4.74 Å². The summed E-state index contributed by atoms with van der Waals surface area (Å²) in [4.78, 5) is 2.34. The van der Waals surface area contributed by atoms with E-state index in [1.54, 1.807) is 0 Å². The summed E-state index contributed by atoms with van der Waals surface area (Å²) in [7, 11) is 2.14. The fourth-order valence-electron chi connectivity index (χ4n) is 3.28. The SMILES string of the molecule is CC1CC2(C[C@H](N)c3cc(Cl)ccc3O2)CN1C. The molecule has 1 aromatic rings. The Balaban J connectivity index is 1.95. The van der Waals surface area contributed by atoms with Crippen LogP contribution in [0.4, 0.5) is 0 Å². The first-order valence-corrected chi connectivity index (χ1v) is 6.81. The van der Waals surface area contributed by atoms with Crippen LogP contribution in [0.1, 0.15) is 31.4 Å². The Kier molecular flexibility index (Phi) is 2.81. The molecule has 0 bridgehead atoms. The summed E-state index contributed by atoms with van der Waals surface area (Å²) in [6.07, 6.45) is 1.91. The highest BCUT2D eigenvalue weighted by atomic mass is 35.5. The van der Waals surface area contributed by atoms with Crippen LogP contribution in [0.15, 0.2) is 18.2 Å². The molecule has 2 aliphatic rings. The van der Waals surface area contributed by atoms with E-state index < -0.39 is 0 Å². The molecule has 1 saturated heterocycles. The van der Waals surface area contributed by atoms with Crippen molar-refractivity contribution in [3.05, 3.63) is 28.8 Å². The lowest BCUT2D eigenvalue weighted by Crippen LogP contribution is -2.44. The first-order chi connectivity index (χ1) is 8.49. The number of benzene rings is 1. The van der Waals surface area contributed by atoms with Gasteiger partial charge in [-0.3, -0.25) is 4.90 Å². The molecule has 2 heterocycles. The Morgan fingerprint density at radius 3 is 2.89 bits per heavy atom. The highest BCUT2D eigenvalue weighted by Crippen LogP contribution is 2.44. The predicted molar refractivity (Wildman–Crippen MR) is 73.1 cm³/mol. The third-order valence-corrected chi connectivity index (χ3v) is 4.48. The molecular weight excluding hydrogens is 248 g/mol. The van der Waals surface area contributed by atoms with Crippen LogP contribution in [0.3, 0.4) is 0 Å². The monoisotopic (exact) mass is 266 g/mol. The number of nitrogens with two attached hydrogens (primary N) is 1. The summed E-state index contributed by atoms with van der Waals surface area (Å²) in [5.74, 6) is 0.903. The number of likely N-dealkylation sites (tertiary alicyclic amines) is 1. The molecule has 98 valence electrons. The fourth-order valence-corrected chi connectivity index (χ4v) is 3.46. The van der Waals surface area contributed by atoms with Crippen molar-refractivity contribution in [1.29, 1.82) is 0 Å². The van der Waals surface area contributed by atoms with Crippen molar-refractivity contribution in [3.63, 3.8) is 0 Å². The second kappa shape index (κ2) is 4.12. The number of likely N-dealkylation sites (N-methyl/N-ethyl adjacent to an activating group) is 1. The molecule has 0 radical (unpaired) electrons. The van der Waals surface area contributed by atoms with Crippen molar-refractivity contribution in [3.8, 4) is 5.75 Å². The molecule has 1 aromatic carbocycles. The molecule has 3 atom stereocenters. The lowest BCUT2D eigenvalue weighted by molar-refractivity contribution is 0.0463. The highest BCUT2D eigenvalue weighted by molar-refractivity contribution is 6.30. The summed E-state index contributed by atoms with van der Waals surface area (Å²) in [5, 5.41) is 0.723. The fraction of sp³-hybridized carbons (Fsp3) is 0.571. The molecule has 0 amide bonds. The zero-order valence-corrected chi connectivity index (χ0v) is 11.6. The summed E-state index contributed by atoms with van der Waals surface area (Å²) in [6.45, 7) is 3.19. The topological polar surface area (TPSA) is 38.5 Å². The number of hydrogen-bond donors (Lipinski definition) is 1. The smallest absolute Gasteiger partial charge is 0.125 e. The second-order valence-electron chi connectivity index (χ2n) is 5.75. The summed E-state index contributed by atoms with van der Waals surface area (Å²) < 4.78 is 6.27. The van der Waals surface area contributed by atoms with Crippen molar-refractivity contribution in [2.45, 2.75) is 37.5 Å². The molecule has 18 heavy (non-hydrogen) atoms. The number of halogens is 1. The third kappa shape index (κ3) is 1.91. The van der Waals surface area contributed by atoms with Crippen LogP contribution in [0, 0.1) is 0 Å². The molecule has 3 nitrogen and oxygen atoms in total. The second-order valence-corrected chi connectivity index (χ2v) is 6.18. The van der Waals surface area contributed by atoms with Gasteiger partial charge in [-0.05, 0) is 32.2 Å². The highest BCUT2D eigenvalue weighted by Gasteiger charge is 2.46. The van der Waals surface area contributed by atoms with Crippen molar-refractivity contribution in [2.24, 2.45) is 5.73 Å². The van der Waals surface area contributed by atoms with Gasteiger partial charge in [0.25, 0.3) is 0 Å². The van der Waals surface area contributed by atoms with E-state index in [0.29, 0.717) is 6.04 Å². The lowest BCUT2D eigenvalue weighted by atomic mass is 9.86. The van der Waals surface area contributed by atoms with Gasteiger partial charge in [0.1, 0.15) is 11.4 Å². The minimum Gasteiger partial charge on any atom is -0.485 e. The molecule has 2 N–H and O–H groups in total.